The van der Waals surface area contributed by atoms with Gasteiger partial charge in [-0.1, -0.05) is 24.3 Å². The van der Waals surface area contributed by atoms with Crippen molar-refractivity contribution in [3.63, 3.8) is 0 Å². The number of ether oxygens (including phenoxy) is 1. The van der Waals surface area contributed by atoms with Gasteiger partial charge in [-0.25, -0.2) is 0 Å². The molecule has 0 unspecified atom stereocenters. The molecular weight excluding hydrogens is 340 g/mol. The van der Waals surface area contributed by atoms with Gasteiger partial charge in [0.2, 0.25) is 5.78 Å². The van der Waals surface area contributed by atoms with E-state index in [1.54, 1.807) is 30.5 Å². The molecule has 0 radical (unpaired) electrons. The highest BCUT2D eigenvalue weighted by molar-refractivity contribution is 7.12. The van der Waals surface area contributed by atoms with Crippen molar-refractivity contribution in [3.05, 3.63) is 58.0 Å². The lowest BCUT2D eigenvalue weighted by atomic mass is 10.1. The van der Waals surface area contributed by atoms with Crippen molar-refractivity contribution < 1.29 is 23.5 Å². The standard InChI is InChI=1S/C19H16O5S/c1-12-13-5-2-3-6-16(13)24-19(12)15(21)11-23-18(22)9-8-14(20)17-7-4-10-25-17/h2-7,10H,8-9,11H2,1H3. The molecule has 0 aliphatic rings. The first-order chi connectivity index (χ1) is 12.1. The van der Waals surface area contributed by atoms with Crippen LogP contribution in [0.5, 0.6) is 0 Å². The van der Waals surface area contributed by atoms with Gasteiger partial charge in [-0.05, 0) is 24.4 Å². The number of benzene rings is 1. The quantitative estimate of drug-likeness (QED) is 0.469. The zero-order valence-electron chi connectivity index (χ0n) is 13.6. The summed E-state index contributed by atoms with van der Waals surface area (Å²) in [5, 5.41) is 2.67. The van der Waals surface area contributed by atoms with E-state index in [2.05, 4.69) is 0 Å². The summed E-state index contributed by atoms with van der Waals surface area (Å²) in [7, 11) is 0. The van der Waals surface area contributed by atoms with Crippen LogP contribution in [0.1, 0.15) is 38.6 Å². The highest BCUT2D eigenvalue weighted by Gasteiger charge is 2.19. The number of rotatable bonds is 7. The van der Waals surface area contributed by atoms with Gasteiger partial charge in [0.15, 0.2) is 18.2 Å². The highest BCUT2D eigenvalue weighted by Crippen LogP contribution is 2.25. The van der Waals surface area contributed by atoms with Gasteiger partial charge in [-0.15, -0.1) is 11.3 Å². The van der Waals surface area contributed by atoms with Gasteiger partial charge in [-0.3, -0.25) is 14.4 Å². The van der Waals surface area contributed by atoms with Gasteiger partial charge < -0.3 is 9.15 Å². The number of para-hydroxylation sites is 1. The molecule has 0 spiro atoms. The molecule has 0 fully saturated rings. The first-order valence-corrected chi connectivity index (χ1v) is 8.68. The number of thiophene rings is 1. The Labute approximate surface area is 148 Å². The SMILES string of the molecule is Cc1c(C(=O)COC(=O)CCC(=O)c2cccs2)oc2ccccc12. The van der Waals surface area contributed by atoms with E-state index < -0.39 is 18.4 Å². The first-order valence-electron chi connectivity index (χ1n) is 7.80. The number of ketones is 2. The fraction of sp³-hybridized carbons (Fsp3) is 0.211. The predicted molar refractivity (Wildman–Crippen MR) is 94.1 cm³/mol. The van der Waals surface area contributed by atoms with Gasteiger partial charge in [-0.2, -0.15) is 0 Å². The Balaban J connectivity index is 1.53. The fourth-order valence-corrected chi connectivity index (χ4v) is 3.19. The second kappa shape index (κ2) is 7.44. The molecule has 0 saturated heterocycles. The molecule has 3 aromatic rings. The van der Waals surface area contributed by atoms with Gasteiger partial charge in [0.1, 0.15) is 5.58 Å². The van der Waals surface area contributed by atoms with Crippen molar-refractivity contribution >= 4 is 39.8 Å². The van der Waals surface area contributed by atoms with E-state index in [9.17, 15) is 14.4 Å². The smallest absolute Gasteiger partial charge is 0.306 e. The summed E-state index contributed by atoms with van der Waals surface area (Å²) in [6.07, 6.45) is 0.0142. The van der Waals surface area contributed by atoms with Crippen molar-refractivity contribution in [1.29, 1.82) is 0 Å². The molecule has 25 heavy (non-hydrogen) atoms. The number of aryl methyl sites for hydroxylation is 1. The molecule has 0 saturated carbocycles. The molecule has 2 aromatic heterocycles. The van der Waals surface area contributed by atoms with Gasteiger partial charge in [0.25, 0.3) is 0 Å². The van der Waals surface area contributed by atoms with Crippen LogP contribution >= 0.6 is 11.3 Å². The Bertz CT molecular complexity index is 921. The van der Waals surface area contributed by atoms with Crippen molar-refractivity contribution in [2.45, 2.75) is 19.8 Å². The summed E-state index contributed by atoms with van der Waals surface area (Å²) in [5.74, 6) is -0.881. The Morgan fingerprint density at radius 1 is 1.04 bits per heavy atom. The minimum Gasteiger partial charge on any atom is -0.457 e. The molecule has 0 atom stereocenters. The number of furan rings is 1. The Morgan fingerprint density at radius 2 is 1.84 bits per heavy atom. The minimum absolute atomic E-state index is 0.0525. The fourth-order valence-electron chi connectivity index (χ4n) is 2.50. The van der Waals surface area contributed by atoms with Crippen LogP contribution in [0.4, 0.5) is 0 Å². The van der Waals surface area contributed by atoms with E-state index in [0.717, 1.165) is 10.9 Å². The van der Waals surface area contributed by atoms with Crippen LogP contribution in [0.15, 0.2) is 46.2 Å². The monoisotopic (exact) mass is 356 g/mol. The number of carbonyl (C=O) groups excluding carboxylic acids is 3. The summed E-state index contributed by atoms with van der Waals surface area (Å²) in [6.45, 7) is 1.40. The van der Waals surface area contributed by atoms with Crippen LogP contribution in [0.25, 0.3) is 11.0 Å². The molecule has 3 rings (SSSR count). The number of esters is 1. The zero-order chi connectivity index (χ0) is 17.8. The van der Waals surface area contributed by atoms with E-state index >= 15 is 0 Å². The Hall–Kier alpha value is -2.73. The number of carbonyl (C=O) groups is 3. The largest absolute Gasteiger partial charge is 0.457 e. The molecule has 128 valence electrons. The third-order valence-electron chi connectivity index (χ3n) is 3.81. The van der Waals surface area contributed by atoms with Crippen molar-refractivity contribution in [3.8, 4) is 0 Å². The average Bonchev–Trinajstić information content (AvgIpc) is 3.26. The molecule has 0 bridgehead atoms. The predicted octanol–water partition coefficient (Wildman–Crippen LogP) is 4.19. The molecular formula is C19H16O5S. The van der Waals surface area contributed by atoms with E-state index in [-0.39, 0.29) is 24.4 Å². The number of hydrogen-bond donors (Lipinski definition) is 0. The molecule has 0 N–H and O–H groups in total. The first kappa shape index (κ1) is 17.1. The summed E-state index contributed by atoms with van der Waals surface area (Å²) in [6, 6.07) is 10.8. The second-order valence-corrected chi connectivity index (χ2v) is 6.48. The Morgan fingerprint density at radius 3 is 2.56 bits per heavy atom. The summed E-state index contributed by atoms with van der Waals surface area (Å²) in [4.78, 5) is 36.4. The third-order valence-corrected chi connectivity index (χ3v) is 4.72. The zero-order valence-corrected chi connectivity index (χ0v) is 14.4. The van der Waals surface area contributed by atoms with Crippen molar-refractivity contribution in [2.75, 3.05) is 6.61 Å². The van der Waals surface area contributed by atoms with Crippen LogP contribution < -0.4 is 0 Å². The molecule has 0 amide bonds. The molecule has 1 aromatic carbocycles. The van der Waals surface area contributed by atoms with E-state index in [0.29, 0.717) is 10.5 Å². The minimum atomic E-state index is -0.577. The maximum atomic E-state index is 12.2. The maximum Gasteiger partial charge on any atom is 0.306 e. The lowest BCUT2D eigenvalue weighted by Gasteiger charge is -2.03. The van der Waals surface area contributed by atoms with Crippen molar-refractivity contribution in [2.24, 2.45) is 0 Å². The van der Waals surface area contributed by atoms with Crippen molar-refractivity contribution in [1.82, 2.24) is 0 Å². The molecule has 0 aliphatic heterocycles. The molecule has 6 heteroatoms. The Kier molecular flexibility index (Phi) is 5.09. The second-order valence-electron chi connectivity index (χ2n) is 5.54. The number of hydrogen-bond acceptors (Lipinski definition) is 6. The van der Waals surface area contributed by atoms with Gasteiger partial charge in [0.05, 0.1) is 11.3 Å². The molecule has 2 heterocycles. The summed E-state index contributed by atoms with van der Waals surface area (Å²) >= 11 is 1.33. The number of Topliss-reactive ketones (excluding diaryl/α,β-unsaturated/α-hetero) is 2. The lowest BCUT2D eigenvalue weighted by molar-refractivity contribution is -0.142. The lowest BCUT2D eigenvalue weighted by Crippen LogP contribution is -2.15. The van der Waals surface area contributed by atoms with Crippen LogP contribution in [-0.4, -0.2) is 24.1 Å². The molecule has 0 aliphatic carbocycles. The van der Waals surface area contributed by atoms with E-state index in [1.807, 2.05) is 18.2 Å². The normalized spacial score (nSPS) is 10.8. The van der Waals surface area contributed by atoms with Crippen LogP contribution in [0.3, 0.4) is 0 Å². The summed E-state index contributed by atoms with van der Waals surface area (Å²) in [5.41, 5.74) is 1.35. The number of fused-ring (bicyclic) bond motifs is 1. The van der Waals surface area contributed by atoms with Crippen LogP contribution in [0, 0.1) is 6.92 Å². The van der Waals surface area contributed by atoms with Gasteiger partial charge in [0, 0.05) is 17.4 Å². The average molecular weight is 356 g/mol. The van der Waals surface area contributed by atoms with Gasteiger partial charge >= 0.3 is 5.97 Å². The third kappa shape index (κ3) is 3.85. The molecule has 5 nitrogen and oxygen atoms in total. The maximum absolute atomic E-state index is 12.2. The van der Waals surface area contributed by atoms with E-state index in [1.165, 1.54) is 11.3 Å². The van der Waals surface area contributed by atoms with Crippen LogP contribution in [-0.2, 0) is 9.53 Å². The van der Waals surface area contributed by atoms with E-state index in [4.69, 9.17) is 9.15 Å². The highest BCUT2D eigenvalue weighted by atomic mass is 32.1. The van der Waals surface area contributed by atoms with Crippen LogP contribution in [0.2, 0.25) is 0 Å². The summed E-state index contributed by atoms with van der Waals surface area (Å²) < 4.78 is 10.5. The topological polar surface area (TPSA) is 73.6 Å².